The van der Waals surface area contributed by atoms with E-state index in [4.69, 9.17) is 10.5 Å². The Bertz CT molecular complexity index is 566. The Kier molecular flexibility index (Phi) is 8.28. The number of ether oxygens (including phenoxy) is 1. The summed E-state index contributed by atoms with van der Waals surface area (Å²) in [6.45, 7) is 3.33. The van der Waals surface area contributed by atoms with E-state index in [-0.39, 0.29) is 18.2 Å². The number of nitrogens with two attached hydrogens (primary N) is 1. The molecule has 0 spiro atoms. The highest BCUT2D eigenvalue weighted by atomic mass is 32.1. The third-order valence-corrected chi connectivity index (χ3v) is 3.56. The maximum absolute atomic E-state index is 12.3. The van der Waals surface area contributed by atoms with Crippen LogP contribution in [0.1, 0.15) is 13.8 Å². The fourth-order valence-corrected chi connectivity index (χ4v) is 2.12. The third-order valence-electron chi connectivity index (χ3n) is 3.20. The number of carbonyl (C=O) groups is 3. The van der Waals surface area contributed by atoms with Gasteiger partial charge in [0.25, 0.3) is 0 Å². The van der Waals surface area contributed by atoms with Gasteiger partial charge in [-0.05, 0) is 18.1 Å². The summed E-state index contributed by atoms with van der Waals surface area (Å²) in [5.41, 5.74) is 5.22. The van der Waals surface area contributed by atoms with Crippen LogP contribution < -0.4 is 21.1 Å². The molecule has 24 heavy (non-hydrogen) atoms. The highest BCUT2D eigenvalue weighted by Gasteiger charge is 2.29. The summed E-state index contributed by atoms with van der Waals surface area (Å²) in [5.74, 6) is -1.29. The number of esters is 1. The maximum atomic E-state index is 12.3. The summed E-state index contributed by atoms with van der Waals surface area (Å²) in [4.78, 5) is 35.9. The minimum absolute atomic E-state index is 0.0795. The summed E-state index contributed by atoms with van der Waals surface area (Å²) in [6.07, 6.45) is 0. The maximum Gasteiger partial charge on any atom is 0.334 e. The Balaban J connectivity index is 2.75. The van der Waals surface area contributed by atoms with Crippen LogP contribution in [-0.2, 0) is 14.4 Å². The van der Waals surface area contributed by atoms with Crippen LogP contribution in [0.25, 0.3) is 0 Å². The largest absolute Gasteiger partial charge is 0.425 e. The van der Waals surface area contributed by atoms with E-state index in [9.17, 15) is 14.4 Å². The number of hydrogen-bond donors (Lipinski definition) is 4. The van der Waals surface area contributed by atoms with E-state index >= 15 is 0 Å². The van der Waals surface area contributed by atoms with Gasteiger partial charge in [0.05, 0.1) is 6.54 Å². The summed E-state index contributed by atoms with van der Waals surface area (Å²) in [7, 11) is 0. The number of nitrogens with one attached hydrogen (secondary N) is 2. The van der Waals surface area contributed by atoms with Crippen molar-refractivity contribution in [1.82, 2.24) is 10.6 Å². The van der Waals surface area contributed by atoms with Crippen LogP contribution >= 0.6 is 12.6 Å². The Morgan fingerprint density at radius 2 is 1.79 bits per heavy atom. The highest BCUT2D eigenvalue weighted by molar-refractivity contribution is 7.80. The number of amides is 2. The van der Waals surface area contributed by atoms with Gasteiger partial charge in [-0.25, -0.2) is 4.79 Å². The van der Waals surface area contributed by atoms with E-state index in [2.05, 4.69) is 23.3 Å². The third kappa shape index (κ3) is 6.21. The second-order valence-corrected chi connectivity index (χ2v) is 5.84. The predicted molar refractivity (Wildman–Crippen MR) is 93.7 cm³/mol. The molecule has 0 bridgehead atoms. The molecule has 1 rings (SSSR count). The van der Waals surface area contributed by atoms with Crippen molar-refractivity contribution in [1.29, 1.82) is 0 Å². The molecule has 8 heteroatoms. The zero-order valence-electron chi connectivity index (χ0n) is 13.7. The zero-order chi connectivity index (χ0) is 18.1. The van der Waals surface area contributed by atoms with E-state index < -0.39 is 29.9 Å². The van der Waals surface area contributed by atoms with E-state index in [0.29, 0.717) is 5.75 Å². The van der Waals surface area contributed by atoms with Gasteiger partial charge in [-0.1, -0.05) is 32.0 Å². The van der Waals surface area contributed by atoms with Gasteiger partial charge in [0.2, 0.25) is 11.8 Å². The first-order valence-electron chi connectivity index (χ1n) is 7.56. The number of thiol groups is 1. The van der Waals surface area contributed by atoms with Crippen molar-refractivity contribution in [3.8, 4) is 5.75 Å². The molecule has 0 aliphatic rings. The van der Waals surface area contributed by atoms with Crippen molar-refractivity contribution >= 4 is 30.4 Å². The second kappa shape index (κ2) is 9.94. The predicted octanol–water partition coefficient (Wildman–Crippen LogP) is 0.106. The van der Waals surface area contributed by atoms with Crippen LogP contribution in [0.3, 0.4) is 0 Å². The first-order chi connectivity index (χ1) is 11.4. The molecular formula is C16H23N3O4S. The van der Waals surface area contributed by atoms with Crippen LogP contribution in [0.2, 0.25) is 0 Å². The van der Waals surface area contributed by atoms with Crippen LogP contribution in [0, 0.1) is 5.92 Å². The normalized spacial score (nSPS) is 13.0. The second-order valence-electron chi connectivity index (χ2n) is 5.47. The molecule has 0 radical (unpaired) electrons. The first-order valence-corrected chi connectivity index (χ1v) is 8.19. The molecule has 0 aliphatic heterocycles. The van der Waals surface area contributed by atoms with Crippen LogP contribution in [0.4, 0.5) is 0 Å². The SMILES string of the molecule is CC(C)[C@H](NC(=O)[C@H](CS)NC(=O)CN)C(=O)Oc1ccccc1. The van der Waals surface area contributed by atoms with Gasteiger partial charge in [0.1, 0.15) is 17.8 Å². The first kappa shape index (κ1) is 20.0. The van der Waals surface area contributed by atoms with Crippen molar-refractivity contribution in [3.05, 3.63) is 30.3 Å². The van der Waals surface area contributed by atoms with Gasteiger partial charge >= 0.3 is 5.97 Å². The summed E-state index contributed by atoms with van der Waals surface area (Å²) in [5, 5.41) is 5.04. The Morgan fingerprint density at radius 3 is 2.29 bits per heavy atom. The number of hydrogen-bond acceptors (Lipinski definition) is 6. The zero-order valence-corrected chi connectivity index (χ0v) is 14.6. The molecule has 4 N–H and O–H groups in total. The van der Waals surface area contributed by atoms with Crippen LogP contribution in [0.5, 0.6) is 5.75 Å². The molecule has 0 fully saturated rings. The molecule has 7 nitrogen and oxygen atoms in total. The number of carbonyl (C=O) groups excluding carboxylic acids is 3. The van der Waals surface area contributed by atoms with Crippen LogP contribution in [0.15, 0.2) is 30.3 Å². The molecule has 2 atom stereocenters. The van der Waals surface area contributed by atoms with Gasteiger partial charge < -0.3 is 21.1 Å². The van der Waals surface area contributed by atoms with Crippen molar-refractivity contribution in [2.45, 2.75) is 25.9 Å². The minimum atomic E-state index is -0.879. The lowest BCUT2D eigenvalue weighted by molar-refractivity contribution is -0.141. The molecule has 132 valence electrons. The molecule has 1 aromatic rings. The van der Waals surface area contributed by atoms with E-state index in [1.807, 2.05) is 0 Å². The quantitative estimate of drug-likeness (QED) is 0.301. The Hall–Kier alpha value is -2.06. The lowest BCUT2D eigenvalue weighted by Gasteiger charge is -2.23. The number of benzene rings is 1. The van der Waals surface area contributed by atoms with Gasteiger partial charge in [-0.3, -0.25) is 9.59 Å². The lowest BCUT2D eigenvalue weighted by Crippen LogP contribution is -2.55. The molecule has 1 aromatic carbocycles. The number of para-hydroxylation sites is 1. The van der Waals surface area contributed by atoms with E-state index in [0.717, 1.165) is 0 Å². The standard InChI is InChI=1S/C16H23N3O4S/c1-10(2)14(16(22)23-11-6-4-3-5-7-11)19-15(21)12(9-24)18-13(20)8-17/h3-7,10,12,14,24H,8-9,17H2,1-2H3,(H,18,20)(H,19,21)/t12-,14-/m0/s1. The lowest BCUT2D eigenvalue weighted by atomic mass is 10.0. The van der Waals surface area contributed by atoms with Gasteiger partial charge in [-0.2, -0.15) is 12.6 Å². The molecule has 0 saturated carbocycles. The van der Waals surface area contributed by atoms with Crippen LogP contribution in [-0.4, -0.2) is 42.2 Å². The molecule has 0 heterocycles. The molecular weight excluding hydrogens is 330 g/mol. The summed E-state index contributed by atoms with van der Waals surface area (Å²) in [6, 6.07) is 6.85. The molecule has 0 saturated heterocycles. The Labute approximate surface area is 146 Å². The monoisotopic (exact) mass is 353 g/mol. The van der Waals surface area contributed by atoms with E-state index in [1.54, 1.807) is 44.2 Å². The number of rotatable bonds is 8. The fourth-order valence-electron chi connectivity index (χ4n) is 1.87. The van der Waals surface area contributed by atoms with E-state index in [1.165, 1.54) is 0 Å². The average molecular weight is 353 g/mol. The fraction of sp³-hybridized carbons (Fsp3) is 0.438. The molecule has 0 aromatic heterocycles. The van der Waals surface area contributed by atoms with Crippen molar-refractivity contribution in [2.24, 2.45) is 11.7 Å². The summed E-state index contributed by atoms with van der Waals surface area (Å²) >= 11 is 4.04. The van der Waals surface area contributed by atoms with Gasteiger partial charge in [0, 0.05) is 5.75 Å². The summed E-state index contributed by atoms with van der Waals surface area (Å²) < 4.78 is 5.27. The van der Waals surface area contributed by atoms with Crippen molar-refractivity contribution in [3.63, 3.8) is 0 Å². The minimum Gasteiger partial charge on any atom is -0.425 e. The van der Waals surface area contributed by atoms with Gasteiger partial charge in [0.15, 0.2) is 0 Å². The van der Waals surface area contributed by atoms with Gasteiger partial charge in [-0.15, -0.1) is 0 Å². The van der Waals surface area contributed by atoms with Crippen molar-refractivity contribution < 1.29 is 19.1 Å². The molecule has 0 unspecified atom stereocenters. The smallest absolute Gasteiger partial charge is 0.334 e. The average Bonchev–Trinajstić information content (AvgIpc) is 2.57. The Morgan fingerprint density at radius 1 is 1.17 bits per heavy atom. The molecule has 0 aliphatic carbocycles. The molecule has 2 amide bonds. The topological polar surface area (TPSA) is 111 Å². The highest BCUT2D eigenvalue weighted by Crippen LogP contribution is 2.12. The van der Waals surface area contributed by atoms with Crippen molar-refractivity contribution in [2.75, 3.05) is 12.3 Å².